The van der Waals surface area contributed by atoms with E-state index in [1.807, 2.05) is 4.68 Å². The number of fused-ring (bicyclic) bond motifs is 2. The molecule has 0 aliphatic carbocycles. The van der Waals surface area contributed by atoms with Crippen molar-refractivity contribution < 1.29 is 9.59 Å². The summed E-state index contributed by atoms with van der Waals surface area (Å²) in [6, 6.07) is 5.02. The molecule has 124 valence electrons. The maximum Gasteiger partial charge on any atom is 0.251 e. The number of hydrogen-bond acceptors (Lipinski definition) is 3. The van der Waals surface area contributed by atoms with Crippen LogP contribution in [0.2, 0.25) is 5.02 Å². The van der Waals surface area contributed by atoms with E-state index >= 15 is 0 Å². The number of carbonyl (C=O) groups is 2. The summed E-state index contributed by atoms with van der Waals surface area (Å²) in [5.41, 5.74) is 3.01. The molecular weight excluding hydrogens is 328 g/mol. The molecule has 4 rings (SSSR count). The summed E-state index contributed by atoms with van der Waals surface area (Å²) in [6.07, 6.45) is 4.84. The van der Waals surface area contributed by atoms with E-state index in [0.717, 1.165) is 37.2 Å². The Balaban J connectivity index is 1.62. The highest BCUT2D eigenvalue weighted by Gasteiger charge is 2.31. The first-order valence-corrected chi connectivity index (χ1v) is 8.44. The topological polar surface area (TPSA) is 76.0 Å². The maximum absolute atomic E-state index is 12.8. The molecule has 0 saturated heterocycles. The summed E-state index contributed by atoms with van der Waals surface area (Å²) < 4.78 is 1.95. The molecule has 0 bridgehead atoms. The molecule has 24 heavy (non-hydrogen) atoms. The van der Waals surface area contributed by atoms with E-state index in [2.05, 4.69) is 15.7 Å². The van der Waals surface area contributed by atoms with Gasteiger partial charge >= 0.3 is 0 Å². The van der Waals surface area contributed by atoms with Crippen molar-refractivity contribution in [1.29, 1.82) is 0 Å². The van der Waals surface area contributed by atoms with Crippen LogP contribution in [-0.2, 0) is 17.8 Å². The average molecular weight is 345 g/mol. The number of rotatable bonds is 2. The van der Waals surface area contributed by atoms with E-state index in [1.54, 1.807) is 24.4 Å². The van der Waals surface area contributed by atoms with Crippen LogP contribution in [0, 0.1) is 0 Å². The second kappa shape index (κ2) is 5.94. The number of aryl methyl sites for hydroxylation is 1. The van der Waals surface area contributed by atoms with Gasteiger partial charge in [-0.2, -0.15) is 5.10 Å². The molecule has 2 amide bonds. The molecule has 2 aliphatic rings. The normalized spacial score (nSPS) is 19.2. The molecule has 2 aromatic rings. The number of amides is 2. The number of halogens is 1. The summed E-state index contributed by atoms with van der Waals surface area (Å²) in [6.45, 7) is 1.16. The number of carbonyl (C=O) groups excluding carboxylic acids is 2. The van der Waals surface area contributed by atoms with Gasteiger partial charge in [0.05, 0.1) is 23.5 Å². The Kier molecular flexibility index (Phi) is 3.76. The zero-order valence-corrected chi connectivity index (χ0v) is 13.8. The molecule has 1 atom stereocenters. The smallest absolute Gasteiger partial charge is 0.251 e. The Morgan fingerprint density at radius 2 is 2.25 bits per heavy atom. The number of hydrogen-bond donors (Lipinski definition) is 2. The minimum atomic E-state index is -0.462. The standard InChI is InChI=1S/C17H17ClN4O2/c18-10-4-5-11-12(7-10)13(8-19-16(11)23)17(24)21-14-9-20-22-6-2-1-3-15(14)22/h4-5,7,9,13H,1-3,6,8H2,(H,19,23)(H,21,24). The van der Waals surface area contributed by atoms with E-state index in [9.17, 15) is 9.59 Å². The number of nitrogens with one attached hydrogen (secondary N) is 2. The van der Waals surface area contributed by atoms with Crippen molar-refractivity contribution >= 4 is 29.1 Å². The highest BCUT2D eigenvalue weighted by Crippen LogP contribution is 2.29. The van der Waals surface area contributed by atoms with E-state index in [-0.39, 0.29) is 18.4 Å². The fourth-order valence-corrected chi connectivity index (χ4v) is 3.59. The van der Waals surface area contributed by atoms with Gasteiger partial charge in [0.25, 0.3) is 5.91 Å². The minimum absolute atomic E-state index is 0.153. The van der Waals surface area contributed by atoms with Crippen LogP contribution in [0.5, 0.6) is 0 Å². The SMILES string of the molecule is O=C1NCC(C(=O)Nc2cnn3c2CCCC3)c2cc(Cl)ccc21. The van der Waals surface area contributed by atoms with Gasteiger partial charge in [0.1, 0.15) is 0 Å². The predicted molar refractivity (Wildman–Crippen MR) is 90.3 cm³/mol. The first-order chi connectivity index (χ1) is 11.6. The largest absolute Gasteiger partial charge is 0.351 e. The van der Waals surface area contributed by atoms with Crippen molar-refractivity contribution in [3.05, 3.63) is 46.2 Å². The predicted octanol–water partition coefficient (Wildman–Crippen LogP) is 2.34. The summed E-state index contributed by atoms with van der Waals surface area (Å²) in [5, 5.41) is 10.6. The maximum atomic E-state index is 12.8. The summed E-state index contributed by atoms with van der Waals surface area (Å²) in [5.74, 6) is -0.788. The van der Waals surface area contributed by atoms with E-state index in [1.165, 1.54) is 0 Å². The molecule has 1 aromatic carbocycles. The quantitative estimate of drug-likeness (QED) is 0.878. The lowest BCUT2D eigenvalue weighted by Crippen LogP contribution is -2.40. The van der Waals surface area contributed by atoms with E-state index in [0.29, 0.717) is 16.1 Å². The molecule has 6 nitrogen and oxygen atoms in total. The summed E-state index contributed by atoms with van der Waals surface area (Å²) >= 11 is 6.06. The van der Waals surface area contributed by atoms with Crippen molar-refractivity contribution in [3.63, 3.8) is 0 Å². The molecule has 7 heteroatoms. The van der Waals surface area contributed by atoms with Gasteiger partial charge in [-0.3, -0.25) is 14.3 Å². The first-order valence-electron chi connectivity index (χ1n) is 8.06. The Labute approximate surface area is 144 Å². The lowest BCUT2D eigenvalue weighted by Gasteiger charge is -2.25. The highest BCUT2D eigenvalue weighted by atomic mass is 35.5. The zero-order valence-electron chi connectivity index (χ0n) is 13.0. The zero-order chi connectivity index (χ0) is 16.7. The molecule has 2 aliphatic heterocycles. The Morgan fingerprint density at radius 3 is 3.12 bits per heavy atom. The third-order valence-electron chi connectivity index (χ3n) is 4.66. The molecule has 0 saturated carbocycles. The molecule has 3 heterocycles. The van der Waals surface area contributed by atoms with Gasteiger partial charge in [0.2, 0.25) is 5.91 Å². The third-order valence-corrected chi connectivity index (χ3v) is 4.89. The van der Waals surface area contributed by atoms with E-state index < -0.39 is 5.92 Å². The third kappa shape index (κ3) is 2.57. The Hall–Kier alpha value is -2.34. The second-order valence-corrected chi connectivity index (χ2v) is 6.61. The van der Waals surface area contributed by atoms with Crippen LogP contribution in [0.15, 0.2) is 24.4 Å². The van der Waals surface area contributed by atoms with Gasteiger partial charge in [-0.25, -0.2) is 0 Å². The van der Waals surface area contributed by atoms with Crippen LogP contribution in [0.4, 0.5) is 5.69 Å². The highest BCUT2D eigenvalue weighted by molar-refractivity contribution is 6.30. The van der Waals surface area contributed by atoms with Crippen LogP contribution in [0.3, 0.4) is 0 Å². The van der Waals surface area contributed by atoms with Crippen molar-refractivity contribution in [3.8, 4) is 0 Å². The van der Waals surface area contributed by atoms with Gasteiger partial charge in [-0.1, -0.05) is 11.6 Å². The molecule has 0 radical (unpaired) electrons. The van der Waals surface area contributed by atoms with Crippen molar-refractivity contribution in [2.45, 2.75) is 31.7 Å². The Morgan fingerprint density at radius 1 is 1.38 bits per heavy atom. The molecule has 1 aromatic heterocycles. The summed E-state index contributed by atoms with van der Waals surface area (Å²) in [7, 11) is 0. The van der Waals surface area contributed by atoms with Crippen molar-refractivity contribution in [1.82, 2.24) is 15.1 Å². The number of benzene rings is 1. The van der Waals surface area contributed by atoms with Crippen molar-refractivity contribution in [2.75, 3.05) is 11.9 Å². The first kappa shape index (κ1) is 15.2. The van der Waals surface area contributed by atoms with Gasteiger partial charge in [0.15, 0.2) is 0 Å². The summed E-state index contributed by atoms with van der Waals surface area (Å²) in [4.78, 5) is 24.8. The van der Waals surface area contributed by atoms with Crippen LogP contribution in [-0.4, -0.2) is 28.1 Å². The number of aromatic nitrogens is 2. The lowest BCUT2D eigenvalue weighted by atomic mass is 9.89. The van der Waals surface area contributed by atoms with Gasteiger partial charge < -0.3 is 10.6 Å². The van der Waals surface area contributed by atoms with Crippen LogP contribution in [0.25, 0.3) is 0 Å². The fraction of sp³-hybridized carbons (Fsp3) is 0.353. The van der Waals surface area contributed by atoms with E-state index in [4.69, 9.17) is 11.6 Å². The van der Waals surface area contributed by atoms with Crippen LogP contribution in [0.1, 0.15) is 40.4 Å². The van der Waals surface area contributed by atoms with Crippen molar-refractivity contribution in [2.24, 2.45) is 0 Å². The monoisotopic (exact) mass is 344 g/mol. The second-order valence-electron chi connectivity index (χ2n) is 6.17. The van der Waals surface area contributed by atoms with Gasteiger partial charge in [-0.05, 0) is 43.0 Å². The average Bonchev–Trinajstić information content (AvgIpc) is 2.98. The van der Waals surface area contributed by atoms with Crippen LogP contribution >= 0.6 is 11.6 Å². The molecule has 0 spiro atoms. The Bertz CT molecular complexity index is 830. The molecular formula is C17H17ClN4O2. The number of nitrogens with zero attached hydrogens (tertiary/aromatic N) is 2. The molecule has 2 N–H and O–H groups in total. The molecule has 0 fully saturated rings. The van der Waals surface area contributed by atoms with Crippen LogP contribution < -0.4 is 10.6 Å². The van der Waals surface area contributed by atoms with Gasteiger partial charge in [0, 0.05) is 23.7 Å². The van der Waals surface area contributed by atoms with Gasteiger partial charge in [-0.15, -0.1) is 0 Å². The fourth-order valence-electron chi connectivity index (χ4n) is 3.41. The molecule has 1 unspecified atom stereocenters. The number of anilines is 1. The minimum Gasteiger partial charge on any atom is -0.351 e. The lowest BCUT2D eigenvalue weighted by molar-refractivity contribution is -0.117.